The number of pyridine rings is 2. The number of hydrazine groups is 1. The molecule has 0 aliphatic heterocycles. The highest BCUT2D eigenvalue weighted by molar-refractivity contribution is 5.97. The second kappa shape index (κ2) is 4.99. The van der Waals surface area contributed by atoms with E-state index in [1.807, 2.05) is 30.3 Å². The zero-order chi connectivity index (χ0) is 11.2. The SMILES string of the molecule is NN/C(=N\c1ccccn1)c1ccccn1. The average Bonchev–Trinajstić information content (AvgIpc) is 2.38. The molecule has 5 nitrogen and oxygen atoms in total. The van der Waals surface area contributed by atoms with Crippen LogP contribution in [0.25, 0.3) is 0 Å². The predicted octanol–water partition coefficient (Wildman–Crippen LogP) is 1.02. The molecule has 5 heteroatoms. The molecule has 0 atom stereocenters. The monoisotopic (exact) mass is 213 g/mol. The number of hydrogen-bond donors (Lipinski definition) is 2. The Bertz CT molecular complexity index is 466. The standard InChI is InChI=1S/C11H11N5/c12-16-11(9-5-1-3-7-13-9)15-10-6-2-4-8-14-10/h1-8H,12H2,(H,14,15,16). The third-order valence-corrected chi connectivity index (χ3v) is 1.92. The van der Waals surface area contributed by atoms with Crippen LogP contribution in [-0.4, -0.2) is 15.8 Å². The van der Waals surface area contributed by atoms with E-state index < -0.39 is 0 Å². The van der Waals surface area contributed by atoms with Gasteiger partial charge in [0.2, 0.25) is 0 Å². The van der Waals surface area contributed by atoms with Crippen molar-refractivity contribution in [2.75, 3.05) is 0 Å². The van der Waals surface area contributed by atoms with Crippen molar-refractivity contribution in [2.24, 2.45) is 10.8 Å². The van der Waals surface area contributed by atoms with Crippen LogP contribution in [0.5, 0.6) is 0 Å². The largest absolute Gasteiger partial charge is 0.307 e. The van der Waals surface area contributed by atoms with Gasteiger partial charge in [-0.15, -0.1) is 0 Å². The van der Waals surface area contributed by atoms with E-state index in [1.54, 1.807) is 18.5 Å². The molecule has 0 aliphatic rings. The normalized spacial score (nSPS) is 11.2. The van der Waals surface area contributed by atoms with Crippen molar-refractivity contribution in [3.8, 4) is 0 Å². The molecule has 16 heavy (non-hydrogen) atoms. The summed E-state index contributed by atoms with van der Waals surface area (Å²) in [6.07, 6.45) is 3.35. The predicted molar refractivity (Wildman–Crippen MR) is 62.0 cm³/mol. The van der Waals surface area contributed by atoms with E-state index in [9.17, 15) is 0 Å². The third kappa shape index (κ3) is 2.40. The van der Waals surface area contributed by atoms with Crippen molar-refractivity contribution in [1.82, 2.24) is 15.4 Å². The Hall–Kier alpha value is -2.27. The molecule has 0 aliphatic carbocycles. The van der Waals surface area contributed by atoms with E-state index in [0.29, 0.717) is 17.3 Å². The van der Waals surface area contributed by atoms with Crippen LogP contribution in [0.4, 0.5) is 5.82 Å². The first kappa shape index (κ1) is 10.3. The van der Waals surface area contributed by atoms with Crippen LogP contribution in [0, 0.1) is 0 Å². The molecule has 0 saturated carbocycles. The summed E-state index contributed by atoms with van der Waals surface area (Å²) in [5.74, 6) is 6.47. The van der Waals surface area contributed by atoms with E-state index in [4.69, 9.17) is 5.84 Å². The molecule has 0 spiro atoms. The number of rotatable bonds is 2. The van der Waals surface area contributed by atoms with Gasteiger partial charge in [-0.1, -0.05) is 12.1 Å². The van der Waals surface area contributed by atoms with Gasteiger partial charge in [-0.3, -0.25) is 4.98 Å². The molecule has 0 fully saturated rings. The van der Waals surface area contributed by atoms with Crippen molar-refractivity contribution in [3.05, 3.63) is 54.5 Å². The zero-order valence-corrected chi connectivity index (χ0v) is 8.54. The number of nitrogens with two attached hydrogens (primary N) is 1. The van der Waals surface area contributed by atoms with Gasteiger partial charge in [0.1, 0.15) is 5.69 Å². The fraction of sp³-hybridized carbons (Fsp3) is 0. The summed E-state index contributed by atoms with van der Waals surface area (Å²) >= 11 is 0. The second-order valence-electron chi connectivity index (χ2n) is 3.01. The molecular formula is C11H11N5. The Morgan fingerprint density at radius 2 is 1.81 bits per heavy atom. The maximum absolute atomic E-state index is 5.40. The van der Waals surface area contributed by atoms with Crippen molar-refractivity contribution < 1.29 is 0 Å². The molecule has 0 aromatic carbocycles. The number of aliphatic imine (C=N–C) groups is 1. The second-order valence-corrected chi connectivity index (χ2v) is 3.01. The fourth-order valence-corrected chi connectivity index (χ4v) is 1.20. The molecule has 0 radical (unpaired) electrons. The maximum Gasteiger partial charge on any atom is 0.168 e. The van der Waals surface area contributed by atoms with E-state index in [1.165, 1.54) is 0 Å². The lowest BCUT2D eigenvalue weighted by Crippen LogP contribution is -2.31. The average molecular weight is 213 g/mol. The van der Waals surface area contributed by atoms with Crippen LogP contribution < -0.4 is 11.3 Å². The van der Waals surface area contributed by atoms with Crippen LogP contribution in [0.1, 0.15) is 5.69 Å². The summed E-state index contributed by atoms with van der Waals surface area (Å²) in [5, 5.41) is 0. The molecule has 0 unspecified atom stereocenters. The smallest absolute Gasteiger partial charge is 0.168 e. The Labute approximate surface area is 93.0 Å². The van der Waals surface area contributed by atoms with Crippen LogP contribution in [0.3, 0.4) is 0 Å². The van der Waals surface area contributed by atoms with Crippen molar-refractivity contribution in [3.63, 3.8) is 0 Å². The molecule has 80 valence electrons. The highest BCUT2D eigenvalue weighted by Crippen LogP contribution is 2.06. The minimum atomic E-state index is 0.485. The Morgan fingerprint density at radius 1 is 1.06 bits per heavy atom. The van der Waals surface area contributed by atoms with Gasteiger partial charge in [0.15, 0.2) is 11.7 Å². The first-order chi connectivity index (χ1) is 7.90. The first-order valence-corrected chi connectivity index (χ1v) is 4.78. The third-order valence-electron chi connectivity index (χ3n) is 1.92. The lowest BCUT2D eigenvalue weighted by molar-refractivity contribution is 1.01. The zero-order valence-electron chi connectivity index (χ0n) is 8.54. The number of amidine groups is 1. The van der Waals surface area contributed by atoms with Gasteiger partial charge in [0.05, 0.1) is 0 Å². The summed E-state index contributed by atoms with van der Waals surface area (Å²) in [5.41, 5.74) is 3.19. The highest BCUT2D eigenvalue weighted by atomic mass is 15.3. The van der Waals surface area contributed by atoms with Crippen LogP contribution in [-0.2, 0) is 0 Å². The number of aromatic nitrogens is 2. The Morgan fingerprint density at radius 3 is 2.38 bits per heavy atom. The van der Waals surface area contributed by atoms with Crippen LogP contribution >= 0.6 is 0 Å². The van der Waals surface area contributed by atoms with E-state index >= 15 is 0 Å². The van der Waals surface area contributed by atoms with E-state index in [2.05, 4.69) is 20.4 Å². The number of hydrogen-bond acceptors (Lipinski definition) is 4. The van der Waals surface area contributed by atoms with E-state index in [-0.39, 0.29) is 0 Å². The van der Waals surface area contributed by atoms with Gasteiger partial charge in [-0.25, -0.2) is 15.8 Å². The molecule has 2 rings (SSSR count). The van der Waals surface area contributed by atoms with Gasteiger partial charge < -0.3 is 5.43 Å². The van der Waals surface area contributed by atoms with Crippen molar-refractivity contribution >= 4 is 11.7 Å². The molecule has 3 N–H and O–H groups in total. The molecule has 2 aromatic heterocycles. The van der Waals surface area contributed by atoms with Gasteiger partial charge in [0, 0.05) is 12.4 Å². The quantitative estimate of drug-likeness (QED) is 0.338. The lowest BCUT2D eigenvalue weighted by Gasteiger charge is -2.03. The fourth-order valence-electron chi connectivity index (χ4n) is 1.20. The van der Waals surface area contributed by atoms with E-state index in [0.717, 1.165) is 0 Å². The molecule has 2 heterocycles. The van der Waals surface area contributed by atoms with Gasteiger partial charge in [0.25, 0.3) is 0 Å². The van der Waals surface area contributed by atoms with Crippen molar-refractivity contribution in [1.29, 1.82) is 0 Å². The first-order valence-electron chi connectivity index (χ1n) is 4.78. The summed E-state index contributed by atoms with van der Waals surface area (Å²) in [6, 6.07) is 11.0. The van der Waals surface area contributed by atoms with Gasteiger partial charge >= 0.3 is 0 Å². The van der Waals surface area contributed by atoms with Gasteiger partial charge in [-0.2, -0.15) is 0 Å². The minimum absolute atomic E-state index is 0.485. The van der Waals surface area contributed by atoms with Crippen molar-refractivity contribution in [2.45, 2.75) is 0 Å². The summed E-state index contributed by atoms with van der Waals surface area (Å²) in [6.45, 7) is 0. The molecule has 0 amide bonds. The molecular weight excluding hydrogens is 202 g/mol. The Balaban J connectivity index is 2.34. The summed E-state index contributed by atoms with van der Waals surface area (Å²) < 4.78 is 0. The molecule has 0 bridgehead atoms. The number of nitrogens with one attached hydrogen (secondary N) is 1. The molecule has 2 aromatic rings. The number of nitrogens with zero attached hydrogens (tertiary/aromatic N) is 3. The van der Waals surface area contributed by atoms with Gasteiger partial charge in [-0.05, 0) is 24.3 Å². The maximum atomic E-state index is 5.40. The minimum Gasteiger partial charge on any atom is -0.307 e. The summed E-state index contributed by atoms with van der Waals surface area (Å²) in [7, 11) is 0. The van der Waals surface area contributed by atoms with Crippen LogP contribution in [0.15, 0.2) is 53.8 Å². The topological polar surface area (TPSA) is 76.2 Å². The Kier molecular flexibility index (Phi) is 3.20. The highest BCUT2D eigenvalue weighted by Gasteiger charge is 2.02. The molecule has 0 saturated heterocycles. The lowest BCUT2D eigenvalue weighted by atomic mass is 10.3. The van der Waals surface area contributed by atoms with Crippen LogP contribution in [0.2, 0.25) is 0 Å². The summed E-state index contributed by atoms with van der Waals surface area (Å²) in [4.78, 5) is 12.5.